The Hall–Kier alpha value is -0.660. The molecule has 7 heteroatoms. The van der Waals surface area contributed by atoms with Crippen molar-refractivity contribution in [2.24, 2.45) is 5.92 Å². The van der Waals surface area contributed by atoms with Gasteiger partial charge in [0.2, 0.25) is 10.0 Å². The summed E-state index contributed by atoms with van der Waals surface area (Å²) in [4.78, 5) is 11.0. The van der Waals surface area contributed by atoms with Crippen molar-refractivity contribution in [3.63, 3.8) is 0 Å². The Morgan fingerprint density at radius 1 is 1.37 bits per heavy atom. The van der Waals surface area contributed by atoms with Crippen molar-refractivity contribution in [3.05, 3.63) is 0 Å². The van der Waals surface area contributed by atoms with Gasteiger partial charge < -0.3 is 10.4 Å². The van der Waals surface area contributed by atoms with Gasteiger partial charge in [0.05, 0.1) is 0 Å². The van der Waals surface area contributed by atoms with Crippen molar-refractivity contribution in [1.29, 1.82) is 0 Å². The minimum atomic E-state index is -3.75. The van der Waals surface area contributed by atoms with Crippen LogP contribution in [0.25, 0.3) is 0 Å². The molecule has 2 aliphatic rings. The van der Waals surface area contributed by atoms with Gasteiger partial charge in [0.25, 0.3) is 0 Å². The van der Waals surface area contributed by atoms with E-state index in [9.17, 15) is 13.2 Å². The molecule has 6 nitrogen and oxygen atoms in total. The van der Waals surface area contributed by atoms with Crippen molar-refractivity contribution in [3.8, 4) is 0 Å². The summed E-state index contributed by atoms with van der Waals surface area (Å²) in [5.74, 6) is -0.864. The molecule has 0 aromatic rings. The van der Waals surface area contributed by atoms with E-state index in [4.69, 9.17) is 5.11 Å². The Morgan fingerprint density at radius 2 is 2.05 bits per heavy atom. The Morgan fingerprint density at radius 3 is 2.53 bits per heavy atom. The lowest BCUT2D eigenvalue weighted by molar-refractivity contribution is -0.136. The molecule has 0 amide bonds. The van der Waals surface area contributed by atoms with E-state index in [1.807, 2.05) is 0 Å². The fourth-order valence-corrected chi connectivity index (χ4v) is 3.89. The van der Waals surface area contributed by atoms with E-state index in [0.29, 0.717) is 19.0 Å². The zero-order valence-electron chi connectivity index (χ0n) is 11.2. The lowest BCUT2D eigenvalue weighted by Crippen LogP contribution is -2.47. The van der Waals surface area contributed by atoms with E-state index in [1.165, 1.54) is 11.2 Å². The molecule has 1 saturated heterocycles. The zero-order valence-corrected chi connectivity index (χ0v) is 12.0. The molecule has 0 aromatic heterocycles. The van der Waals surface area contributed by atoms with Gasteiger partial charge in [-0.05, 0) is 45.1 Å². The summed E-state index contributed by atoms with van der Waals surface area (Å²) >= 11 is 0. The molecular weight excluding hydrogens is 268 g/mol. The minimum absolute atomic E-state index is 0.162. The van der Waals surface area contributed by atoms with Gasteiger partial charge in [-0.3, -0.25) is 4.79 Å². The predicted octanol–water partition coefficient (Wildman–Crippen LogP) is 0.253. The van der Waals surface area contributed by atoms with Crippen LogP contribution in [0.15, 0.2) is 0 Å². The van der Waals surface area contributed by atoms with Crippen molar-refractivity contribution in [2.45, 2.75) is 43.9 Å². The first-order valence-corrected chi connectivity index (χ1v) is 8.36. The second-order valence-corrected chi connectivity index (χ2v) is 7.83. The maximum Gasteiger partial charge on any atom is 0.323 e. The van der Waals surface area contributed by atoms with Crippen molar-refractivity contribution in [1.82, 2.24) is 9.62 Å². The third-order valence-corrected chi connectivity index (χ3v) is 6.01. The number of carboxylic acids is 1. The molecule has 2 N–H and O–H groups in total. The van der Waals surface area contributed by atoms with E-state index in [-0.39, 0.29) is 6.04 Å². The number of rotatable bonds is 7. The summed E-state index contributed by atoms with van der Waals surface area (Å²) in [6.07, 6.45) is 4.10. The number of hydrogen-bond donors (Lipinski definition) is 2. The molecule has 2 unspecified atom stereocenters. The van der Waals surface area contributed by atoms with Crippen LogP contribution in [0, 0.1) is 5.92 Å². The topological polar surface area (TPSA) is 86.7 Å². The van der Waals surface area contributed by atoms with Crippen LogP contribution in [-0.4, -0.2) is 54.7 Å². The molecule has 19 heavy (non-hydrogen) atoms. The summed E-state index contributed by atoms with van der Waals surface area (Å²) in [6, 6.07) is 0.162. The highest BCUT2D eigenvalue weighted by atomic mass is 32.2. The minimum Gasteiger partial charge on any atom is -0.480 e. The van der Waals surface area contributed by atoms with Crippen LogP contribution in [0.1, 0.15) is 32.6 Å². The van der Waals surface area contributed by atoms with E-state index < -0.39 is 21.2 Å². The van der Waals surface area contributed by atoms with Crippen LogP contribution in [-0.2, 0) is 14.8 Å². The largest absolute Gasteiger partial charge is 0.480 e. The Kier molecular flexibility index (Phi) is 4.47. The maximum absolute atomic E-state index is 12.3. The standard InChI is InChI=1S/C12H22N2O4S/c1-9(12(15)16)19(17,18)14(7-10-4-5-10)8-11-3-2-6-13-11/h9-11,13H,2-8H2,1H3,(H,15,16). The number of aliphatic carboxylic acids is 1. The molecule has 1 aliphatic heterocycles. The van der Waals surface area contributed by atoms with Crippen LogP contribution in [0.5, 0.6) is 0 Å². The van der Waals surface area contributed by atoms with Crippen molar-refractivity contribution in [2.75, 3.05) is 19.6 Å². The molecule has 2 atom stereocenters. The summed E-state index contributed by atoms with van der Waals surface area (Å²) < 4.78 is 26.1. The summed E-state index contributed by atoms with van der Waals surface area (Å²) in [5, 5.41) is 10.9. The lowest BCUT2D eigenvalue weighted by Gasteiger charge is -2.26. The maximum atomic E-state index is 12.3. The lowest BCUT2D eigenvalue weighted by atomic mass is 10.2. The summed E-state index contributed by atoms with van der Waals surface area (Å²) in [6.45, 7) is 3.03. The monoisotopic (exact) mass is 290 g/mol. The predicted molar refractivity (Wildman–Crippen MR) is 71.3 cm³/mol. The van der Waals surface area contributed by atoms with E-state index >= 15 is 0 Å². The third kappa shape index (κ3) is 3.67. The highest BCUT2D eigenvalue weighted by Crippen LogP contribution is 2.31. The van der Waals surface area contributed by atoms with E-state index in [0.717, 1.165) is 32.2 Å². The van der Waals surface area contributed by atoms with E-state index in [1.54, 1.807) is 0 Å². The highest BCUT2D eigenvalue weighted by molar-refractivity contribution is 7.90. The molecule has 1 heterocycles. The SMILES string of the molecule is CC(C(=O)O)S(=O)(=O)N(CC1CC1)CC1CCCN1. The second-order valence-electron chi connectivity index (χ2n) is 5.58. The van der Waals surface area contributed by atoms with Crippen LogP contribution in [0.2, 0.25) is 0 Å². The van der Waals surface area contributed by atoms with Crippen LogP contribution >= 0.6 is 0 Å². The third-order valence-electron chi connectivity index (χ3n) is 3.90. The van der Waals surface area contributed by atoms with Crippen LogP contribution in [0.4, 0.5) is 0 Å². The van der Waals surface area contributed by atoms with Gasteiger partial charge in [-0.2, -0.15) is 4.31 Å². The molecular formula is C12H22N2O4S. The molecule has 0 radical (unpaired) electrons. The number of sulfonamides is 1. The normalized spacial score (nSPS) is 25.7. The number of nitrogens with zero attached hydrogens (tertiary/aromatic N) is 1. The highest BCUT2D eigenvalue weighted by Gasteiger charge is 2.38. The fraction of sp³-hybridized carbons (Fsp3) is 0.917. The van der Waals surface area contributed by atoms with Gasteiger partial charge in [-0.25, -0.2) is 8.42 Å². The zero-order chi connectivity index (χ0) is 14.0. The summed E-state index contributed by atoms with van der Waals surface area (Å²) in [7, 11) is -3.75. The number of nitrogens with one attached hydrogen (secondary N) is 1. The first-order valence-electron chi connectivity index (χ1n) is 6.86. The molecule has 0 spiro atoms. The molecule has 0 bridgehead atoms. The van der Waals surface area contributed by atoms with Gasteiger partial charge in [-0.1, -0.05) is 0 Å². The van der Waals surface area contributed by atoms with Gasteiger partial charge in [-0.15, -0.1) is 0 Å². The van der Waals surface area contributed by atoms with Gasteiger partial charge in [0.15, 0.2) is 5.25 Å². The number of carbonyl (C=O) groups is 1. The average molecular weight is 290 g/mol. The molecule has 0 aromatic carbocycles. The quantitative estimate of drug-likeness (QED) is 0.702. The molecule has 1 aliphatic carbocycles. The fourth-order valence-electron chi connectivity index (χ4n) is 2.38. The first-order chi connectivity index (χ1) is 8.91. The van der Waals surface area contributed by atoms with Gasteiger partial charge in [0.1, 0.15) is 0 Å². The van der Waals surface area contributed by atoms with Crippen molar-refractivity contribution >= 4 is 16.0 Å². The van der Waals surface area contributed by atoms with E-state index in [2.05, 4.69) is 5.32 Å². The van der Waals surface area contributed by atoms with Gasteiger partial charge >= 0.3 is 5.97 Å². The average Bonchev–Trinajstić information content (AvgIpc) is 3.01. The Bertz CT molecular complexity index is 427. The van der Waals surface area contributed by atoms with Crippen LogP contribution in [0.3, 0.4) is 0 Å². The molecule has 110 valence electrons. The smallest absolute Gasteiger partial charge is 0.323 e. The molecule has 2 fully saturated rings. The number of carboxylic acid groups (broad SMARTS) is 1. The Balaban J connectivity index is 2.08. The number of hydrogen-bond acceptors (Lipinski definition) is 4. The van der Waals surface area contributed by atoms with Crippen LogP contribution < -0.4 is 5.32 Å². The second kappa shape index (κ2) is 5.76. The van der Waals surface area contributed by atoms with Gasteiger partial charge in [0, 0.05) is 19.1 Å². The summed E-state index contributed by atoms with van der Waals surface area (Å²) in [5.41, 5.74) is 0. The molecule has 2 rings (SSSR count). The first kappa shape index (κ1) is 14.7. The Labute approximate surface area is 114 Å². The molecule has 1 saturated carbocycles. The van der Waals surface area contributed by atoms with Crippen molar-refractivity contribution < 1.29 is 18.3 Å².